The van der Waals surface area contributed by atoms with Crippen molar-refractivity contribution >= 4 is 22.9 Å². The molecule has 1 amide bonds. The molecule has 1 saturated heterocycles. The third-order valence-corrected chi connectivity index (χ3v) is 4.02. The normalized spacial score (nSPS) is 17.6. The van der Waals surface area contributed by atoms with Crippen molar-refractivity contribution < 1.29 is 14.3 Å². The van der Waals surface area contributed by atoms with E-state index in [1.807, 2.05) is 35.0 Å². The van der Waals surface area contributed by atoms with Gasteiger partial charge < -0.3 is 14.8 Å². The van der Waals surface area contributed by atoms with Crippen molar-refractivity contribution in [2.75, 3.05) is 18.5 Å². The lowest BCUT2D eigenvalue weighted by molar-refractivity contribution is 0.0680. The van der Waals surface area contributed by atoms with Gasteiger partial charge in [-0.2, -0.15) is 11.3 Å². The summed E-state index contributed by atoms with van der Waals surface area (Å²) in [5.74, 6) is 0.640. The molecule has 4 nitrogen and oxygen atoms in total. The summed E-state index contributed by atoms with van der Waals surface area (Å²) < 4.78 is 11.3. The molecule has 1 aliphatic rings. The lowest BCUT2D eigenvalue weighted by Gasteiger charge is -2.12. The lowest BCUT2D eigenvalue weighted by Crippen LogP contribution is -2.16. The highest BCUT2D eigenvalue weighted by Crippen LogP contribution is 2.20. The Kier molecular flexibility index (Phi) is 4.52. The van der Waals surface area contributed by atoms with Crippen LogP contribution in [0.3, 0.4) is 0 Å². The molecule has 1 fully saturated rings. The second-order valence-corrected chi connectivity index (χ2v) is 5.72. The van der Waals surface area contributed by atoms with Crippen LogP contribution in [0.4, 0.5) is 5.69 Å². The van der Waals surface area contributed by atoms with Crippen LogP contribution in [0.2, 0.25) is 0 Å². The highest BCUT2D eigenvalue weighted by atomic mass is 32.1. The molecular weight excluding hydrogens is 286 g/mol. The summed E-state index contributed by atoms with van der Waals surface area (Å²) >= 11 is 1.50. The van der Waals surface area contributed by atoms with Gasteiger partial charge in [0.05, 0.1) is 11.7 Å². The van der Waals surface area contributed by atoms with Crippen LogP contribution in [-0.2, 0) is 4.74 Å². The van der Waals surface area contributed by atoms with Gasteiger partial charge in [0.2, 0.25) is 0 Å². The molecule has 21 heavy (non-hydrogen) atoms. The van der Waals surface area contributed by atoms with E-state index in [-0.39, 0.29) is 12.0 Å². The van der Waals surface area contributed by atoms with Crippen molar-refractivity contribution in [3.8, 4) is 5.75 Å². The first-order chi connectivity index (χ1) is 10.3. The van der Waals surface area contributed by atoms with Gasteiger partial charge in [0.15, 0.2) is 0 Å². The molecule has 0 spiro atoms. The molecule has 5 heteroatoms. The highest BCUT2D eigenvalue weighted by Gasteiger charge is 2.16. The van der Waals surface area contributed by atoms with E-state index in [0.29, 0.717) is 12.2 Å². The minimum Gasteiger partial charge on any atom is -0.491 e. The number of ether oxygens (including phenoxy) is 2. The maximum atomic E-state index is 12.0. The highest BCUT2D eigenvalue weighted by molar-refractivity contribution is 7.08. The Morgan fingerprint density at radius 3 is 3.14 bits per heavy atom. The first-order valence-electron chi connectivity index (χ1n) is 6.99. The maximum absolute atomic E-state index is 12.0. The van der Waals surface area contributed by atoms with E-state index in [9.17, 15) is 4.79 Å². The van der Waals surface area contributed by atoms with Gasteiger partial charge in [0.25, 0.3) is 5.91 Å². The quantitative estimate of drug-likeness (QED) is 0.918. The molecule has 1 aromatic heterocycles. The average molecular weight is 303 g/mol. The van der Waals surface area contributed by atoms with Crippen LogP contribution in [0.1, 0.15) is 23.2 Å². The summed E-state index contributed by atoms with van der Waals surface area (Å²) in [4.78, 5) is 12.0. The van der Waals surface area contributed by atoms with Crippen molar-refractivity contribution in [1.29, 1.82) is 0 Å². The van der Waals surface area contributed by atoms with E-state index in [1.165, 1.54) is 11.3 Å². The molecule has 2 aromatic rings. The Morgan fingerprint density at radius 2 is 2.38 bits per heavy atom. The Bertz CT molecular complexity index is 591. The van der Waals surface area contributed by atoms with Gasteiger partial charge in [-0.25, -0.2) is 0 Å². The largest absolute Gasteiger partial charge is 0.491 e. The van der Waals surface area contributed by atoms with E-state index in [0.717, 1.165) is 30.9 Å². The van der Waals surface area contributed by atoms with E-state index in [2.05, 4.69) is 5.32 Å². The third-order valence-electron chi connectivity index (χ3n) is 3.34. The molecular formula is C16H17NO3S. The molecule has 1 atom stereocenters. The average Bonchev–Trinajstić information content (AvgIpc) is 3.19. The smallest absolute Gasteiger partial charge is 0.256 e. The Labute approximate surface area is 127 Å². The van der Waals surface area contributed by atoms with Gasteiger partial charge in [0, 0.05) is 23.7 Å². The zero-order valence-corrected chi connectivity index (χ0v) is 12.4. The number of carbonyl (C=O) groups excluding carboxylic acids is 1. The Balaban J connectivity index is 1.58. The standard InChI is InChI=1S/C16H17NO3S/c18-16(12-6-8-21-11-12)17-13-3-1-4-14(9-13)20-10-15-5-2-7-19-15/h1,3-4,6,8-9,11,15H,2,5,7,10H2,(H,17,18). The predicted octanol–water partition coefficient (Wildman–Crippen LogP) is 3.56. The molecule has 1 aliphatic heterocycles. The number of hydrogen-bond donors (Lipinski definition) is 1. The molecule has 2 heterocycles. The molecule has 0 radical (unpaired) electrons. The van der Waals surface area contributed by atoms with Crippen molar-refractivity contribution in [3.05, 3.63) is 46.7 Å². The number of benzene rings is 1. The summed E-state index contributed by atoms with van der Waals surface area (Å²) in [7, 11) is 0. The van der Waals surface area contributed by atoms with E-state index in [1.54, 1.807) is 6.07 Å². The zero-order chi connectivity index (χ0) is 14.5. The maximum Gasteiger partial charge on any atom is 0.256 e. The van der Waals surface area contributed by atoms with Crippen LogP contribution in [0.15, 0.2) is 41.1 Å². The fourth-order valence-electron chi connectivity index (χ4n) is 2.23. The van der Waals surface area contributed by atoms with Gasteiger partial charge in [-0.3, -0.25) is 4.79 Å². The number of thiophene rings is 1. The fraction of sp³-hybridized carbons (Fsp3) is 0.312. The number of rotatable bonds is 5. The topological polar surface area (TPSA) is 47.6 Å². The molecule has 110 valence electrons. The second-order valence-electron chi connectivity index (χ2n) is 4.94. The number of carbonyl (C=O) groups is 1. The molecule has 1 aromatic carbocycles. The minimum absolute atomic E-state index is 0.104. The summed E-state index contributed by atoms with van der Waals surface area (Å²) in [5, 5.41) is 6.58. The molecule has 1 N–H and O–H groups in total. The fourth-order valence-corrected chi connectivity index (χ4v) is 2.86. The first kappa shape index (κ1) is 14.1. The number of hydrogen-bond acceptors (Lipinski definition) is 4. The van der Waals surface area contributed by atoms with Gasteiger partial charge in [-0.1, -0.05) is 6.07 Å². The summed E-state index contributed by atoms with van der Waals surface area (Å²) in [5.41, 5.74) is 1.40. The van der Waals surface area contributed by atoms with E-state index < -0.39 is 0 Å². The van der Waals surface area contributed by atoms with Crippen molar-refractivity contribution in [2.45, 2.75) is 18.9 Å². The Hall–Kier alpha value is -1.85. The minimum atomic E-state index is -0.104. The number of amides is 1. The van der Waals surface area contributed by atoms with Crippen LogP contribution in [0.5, 0.6) is 5.75 Å². The van der Waals surface area contributed by atoms with Crippen molar-refractivity contribution in [1.82, 2.24) is 0 Å². The number of nitrogens with one attached hydrogen (secondary N) is 1. The second kappa shape index (κ2) is 6.74. The molecule has 0 aliphatic carbocycles. The zero-order valence-electron chi connectivity index (χ0n) is 11.6. The van der Waals surface area contributed by atoms with E-state index in [4.69, 9.17) is 9.47 Å². The van der Waals surface area contributed by atoms with Crippen LogP contribution >= 0.6 is 11.3 Å². The van der Waals surface area contributed by atoms with E-state index >= 15 is 0 Å². The summed E-state index contributed by atoms with van der Waals surface area (Å²) in [6.07, 6.45) is 2.34. The predicted molar refractivity (Wildman–Crippen MR) is 83.2 cm³/mol. The monoisotopic (exact) mass is 303 g/mol. The molecule has 3 rings (SSSR count). The van der Waals surface area contributed by atoms with Crippen LogP contribution in [0, 0.1) is 0 Å². The summed E-state index contributed by atoms with van der Waals surface area (Å²) in [6.45, 7) is 1.38. The van der Waals surface area contributed by atoms with Crippen LogP contribution < -0.4 is 10.1 Å². The van der Waals surface area contributed by atoms with Gasteiger partial charge in [0.1, 0.15) is 12.4 Å². The summed E-state index contributed by atoms with van der Waals surface area (Å²) in [6, 6.07) is 9.24. The Morgan fingerprint density at radius 1 is 1.43 bits per heavy atom. The van der Waals surface area contributed by atoms with Crippen LogP contribution in [0.25, 0.3) is 0 Å². The van der Waals surface area contributed by atoms with Crippen LogP contribution in [-0.4, -0.2) is 25.2 Å². The molecule has 0 saturated carbocycles. The lowest BCUT2D eigenvalue weighted by atomic mass is 10.2. The third kappa shape index (κ3) is 3.83. The van der Waals surface area contributed by atoms with Crippen molar-refractivity contribution in [2.24, 2.45) is 0 Å². The molecule has 0 bridgehead atoms. The molecule has 1 unspecified atom stereocenters. The number of anilines is 1. The van der Waals surface area contributed by atoms with Crippen molar-refractivity contribution in [3.63, 3.8) is 0 Å². The van der Waals surface area contributed by atoms with Gasteiger partial charge >= 0.3 is 0 Å². The van der Waals surface area contributed by atoms with Gasteiger partial charge in [-0.15, -0.1) is 0 Å². The first-order valence-corrected chi connectivity index (χ1v) is 7.93. The van der Waals surface area contributed by atoms with Gasteiger partial charge in [-0.05, 0) is 36.4 Å². The SMILES string of the molecule is O=C(Nc1cccc(OCC2CCCO2)c1)c1ccsc1.